The van der Waals surface area contributed by atoms with Gasteiger partial charge in [0.1, 0.15) is 0 Å². The van der Waals surface area contributed by atoms with Gasteiger partial charge in [-0.25, -0.2) is 0 Å². The molecule has 0 atom stereocenters. The van der Waals surface area contributed by atoms with Crippen LogP contribution in [-0.4, -0.2) is 10.2 Å². The third-order valence-corrected chi connectivity index (χ3v) is 4.31. The fraction of sp³-hybridized carbons (Fsp3) is 0.250. The van der Waals surface area contributed by atoms with Crippen molar-refractivity contribution in [3.63, 3.8) is 0 Å². The molecular weight excluding hydrogens is 324 g/mol. The molecule has 0 radical (unpaired) electrons. The van der Waals surface area contributed by atoms with E-state index in [1.165, 1.54) is 0 Å². The number of benzene rings is 2. The van der Waals surface area contributed by atoms with Gasteiger partial charge in [0.2, 0.25) is 0 Å². The van der Waals surface area contributed by atoms with Crippen LogP contribution in [-0.2, 0) is 6.42 Å². The van der Waals surface area contributed by atoms with Gasteiger partial charge in [0.05, 0.1) is 28.5 Å². The summed E-state index contributed by atoms with van der Waals surface area (Å²) in [5.41, 5.74) is 13.6. The van der Waals surface area contributed by atoms with Crippen molar-refractivity contribution in [1.29, 1.82) is 5.26 Å². The Balaban J connectivity index is 2.09. The molecule has 3 rings (SSSR count). The Hall–Kier alpha value is -3.42. The van der Waals surface area contributed by atoms with Crippen LogP contribution in [0.25, 0.3) is 32.5 Å². The zero-order valence-electron chi connectivity index (χ0n) is 14.6. The largest absolute Gasteiger partial charge is 0.192 e. The molecule has 0 aliphatic rings. The van der Waals surface area contributed by atoms with Crippen molar-refractivity contribution < 1.29 is 0 Å². The molecule has 1 aromatic heterocycles. The monoisotopic (exact) mass is 342 g/mol. The van der Waals surface area contributed by atoms with Crippen LogP contribution in [0.3, 0.4) is 0 Å². The summed E-state index contributed by atoms with van der Waals surface area (Å²) in [6.45, 7) is 2.14. The normalized spacial score (nSPS) is 10.3. The summed E-state index contributed by atoms with van der Waals surface area (Å²) < 4.78 is 0. The molecule has 0 saturated carbocycles. The van der Waals surface area contributed by atoms with E-state index in [1.807, 2.05) is 30.3 Å². The number of hydrogen-bond acceptors (Lipinski definition) is 4. The second kappa shape index (κ2) is 8.11. The maximum atomic E-state index is 9.00. The lowest BCUT2D eigenvalue weighted by atomic mass is 10.0. The smallest absolute Gasteiger partial charge is 0.0991 e. The van der Waals surface area contributed by atoms with Gasteiger partial charge in [0.25, 0.3) is 0 Å². The molecule has 0 saturated heterocycles. The number of aromatic nitrogens is 2. The Morgan fingerprint density at radius 2 is 1.85 bits per heavy atom. The topological polar surface area (TPSA) is 98.3 Å². The Bertz CT molecular complexity index is 1010. The second-order valence-electron chi connectivity index (χ2n) is 6.06. The third-order valence-electron chi connectivity index (χ3n) is 4.31. The predicted octanol–water partition coefficient (Wildman–Crippen LogP) is 5.84. The number of nitrogens with zero attached hydrogens (tertiary/aromatic N) is 6. The maximum Gasteiger partial charge on any atom is 0.0991 e. The van der Waals surface area contributed by atoms with Crippen molar-refractivity contribution in [1.82, 2.24) is 10.2 Å². The van der Waals surface area contributed by atoms with Crippen molar-refractivity contribution in [2.75, 3.05) is 0 Å². The van der Waals surface area contributed by atoms with Crippen LogP contribution < -0.4 is 0 Å². The van der Waals surface area contributed by atoms with Gasteiger partial charge in [0.15, 0.2) is 0 Å². The molecule has 128 valence electrons. The van der Waals surface area contributed by atoms with Crippen LogP contribution in [0.4, 0.5) is 5.69 Å². The van der Waals surface area contributed by atoms with E-state index in [9.17, 15) is 0 Å². The number of fused-ring (bicyclic) bond motifs is 1. The highest BCUT2D eigenvalue weighted by Gasteiger charge is 2.11. The number of nitriles is 1. The number of azide groups is 1. The molecule has 0 spiro atoms. The van der Waals surface area contributed by atoms with Crippen molar-refractivity contribution in [2.24, 2.45) is 5.11 Å². The van der Waals surface area contributed by atoms with Crippen LogP contribution in [0.1, 0.15) is 37.4 Å². The summed E-state index contributed by atoms with van der Waals surface area (Å²) in [5, 5.41) is 22.2. The number of hydrogen-bond donors (Lipinski definition) is 0. The molecule has 6 heteroatoms. The number of unbranched alkanes of at least 4 members (excludes halogenated alkanes) is 2. The highest BCUT2D eigenvalue weighted by molar-refractivity contribution is 5.93. The van der Waals surface area contributed by atoms with Crippen molar-refractivity contribution in [2.45, 2.75) is 32.6 Å². The van der Waals surface area contributed by atoms with Gasteiger partial charge in [0, 0.05) is 10.3 Å². The maximum absolute atomic E-state index is 9.00. The lowest BCUT2D eigenvalue weighted by molar-refractivity contribution is 0.702. The highest BCUT2D eigenvalue weighted by Crippen LogP contribution is 2.32. The summed E-state index contributed by atoms with van der Waals surface area (Å²) in [5.74, 6) is 0. The Kier molecular flexibility index (Phi) is 5.43. The van der Waals surface area contributed by atoms with Crippen LogP contribution in [0.2, 0.25) is 0 Å². The summed E-state index contributed by atoms with van der Waals surface area (Å²) in [6, 6.07) is 15.3. The van der Waals surface area contributed by atoms with Crippen LogP contribution in [0.5, 0.6) is 0 Å². The fourth-order valence-electron chi connectivity index (χ4n) is 2.91. The van der Waals surface area contributed by atoms with E-state index >= 15 is 0 Å². The van der Waals surface area contributed by atoms with E-state index in [4.69, 9.17) is 10.8 Å². The SMILES string of the molecule is CCCCCc1nnc2ccc(-c3ccc(C#N)cc3)cc2c1N=[N+]=[N-]. The van der Waals surface area contributed by atoms with Crippen molar-refractivity contribution >= 4 is 16.6 Å². The summed E-state index contributed by atoms with van der Waals surface area (Å²) in [4.78, 5) is 2.99. The predicted molar refractivity (Wildman–Crippen MR) is 102 cm³/mol. The average Bonchev–Trinajstić information content (AvgIpc) is 2.69. The first-order chi connectivity index (χ1) is 12.8. The quantitative estimate of drug-likeness (QED) is 0.243. The van der Waals surface area contributed by atoms with Gasteiger partial charge in [-0.05, 0) is 53.8 Å². The van der Waals surface area contributed by atoms with E-state index in [-0.39, 0.29) is 0 Å². The van der Waals surface area contributed by atoms with Gasteiger partial charge in [-0.2, -0.15) is 15.5 Å². The molecule has 0 fully saturated rings. The first-order valence-electron chi connectivity index (χ1n) is 8.61. The summed E-state index contributed by atoms with van der Waals surface area (Å²) >= 11 is 0. The molecule has 26 heavy (non-hydrogen) atoms. The molecule has 0 bridgehead atoms. The zero-order chi connectivity index (χ0) is 18.4. The highest BCUT2D eigenvalue weighted by atomic mass is 15.2. The zero-order valence-corrected chi connectivity index (χ0v) is 14.6. The number of rotatable bonds is 6. The van der Waals surface area contributed by atoms with E-state index < -0.39 is 0 Å². The van der Waals surface area contributed by atoms with Crippen LogP contribution in [0, 0.1) is 11.3 Å². The van der Waals surface area contributed by atoms with Gasteiger partial charge >= 0.3 is 0 Å². The van der Waals surface area contributed by atoms with Gasteiger partial charge in [-0.15, -0.1) is 0 Å². The van der Waals surface area contributed by atoms with E-state index in [2.05, 4.69) is 33.2 Å². The van der Waals surface area contributed by atoms with E-state index in [1.54, 1.807) is 12.1 Å². The molecule has 2 aromatic carbocycles. The van der Waals surface area contributed by atoms with E-state index in [0.717, 1.165) is 47.9 Å². The second-order valence-corrected chi connectivity index (χ2v) is 6.06. The lowest BCUT2D eigenvalue weighted by Gasteiger charge is -2.09. The molecule has 6 nitrogen and oxygen atoms in total. The lowest BCUT2D eigenvalue weighted by Crippen LogP contribution is -1.96. The molecule has 0 N–H and O–H groups in total. The summed E-state index contributed by atoms with van der Waals surface area (Å²) in [6.07, 6.45) is 3.94. The Morgan fingerprint density at radius 1 is 1.08 bits per heavy atom. The fourth-order valence-corrected chi connectivity index (χ4v) is 2.91. The van der Waals surface area contributed by atoms with E-state index in [0.29, 0.717) is 16.8 Å². The van der Waals surface area contributed by atoms with Crippen LogP contribution >= 0.6 is 0 Å². The first-order valence-corrected chi connectivity index (χ1v) is 8.61. The average molecular weight is 342 g/mol. The minimum absolute atomic E-state index is 0.559. The molecule has 0 amide bonds. The molecule has 0 aliphatic carbocycles. The van der Waals surface area contributed by atoms with Gasteiger partial charge in [-0.3, -0.25) is 0 Å². The van der Waals surface area contributed by atoms with Crippen LogP contribution in [0.15, 0.2) is 47.6 Å². The Labute approximate surface area is 151 Å². The van der Waals surface area contributed by atoms with Crippen molar-refractivity contribution in [3.8, 4) is 17.2 Å². The Morgan fingerprint density at radius 3 is 2.54 bits per heavy atom. The van der Waals surface area contributed by atoms with Gasteiger partial charge < -0.3 is 0 Å². The minimum Gasteiger partial charge on any atom is -0.192 e. The standard InChI is InChI=1S/C20H18N6/c1-2-3-4-5-19-20(25-26-22)17-12-16(10-11-18(17)23-24-19)15-8-6-14(13-21)7-9-15/h6-12H,2-5H2,1H3. The first kappa shape index (κ1) is 17.4. The molecule has 3 aromatic rings. The molecular formula is C20H18N6. The van der Waals surface area contributed by atoms with Crippen molar-refractivity contribution in [3.05, 3.63) is 64.2 Å². The molecule has 0 aliphatic heterocycles. The van der Waals surface area contributed by atoms with Gasteiger partial charge in [-0.1, -0.05) is 43.1 Å². The molecule has 0 unspecified atom stereocenters. The minimum atomic E-state index is 0.559. The molecule has 1 heterocycles. The number of aryl methyl sites for hydroxylation is 1. The summed E-state index contributed by atoms with van der Waals surface area (Å²) in [7, 11) is 0. The third kappa shape index (κ3) is 3.64.